The fraction of sp³-hybridized carbons (Fsp3) is 0.667. The highest BCUT2D eigenvalue weighted by molar-refractivity contribution is 8.00. The van der Waals surface area contributed by atoms with Crippen molar-refractivity contribution in [3.63, 3.8) is 0 Å². The van der Waals surface area contributed by atoms with E-state index in [4.69, 9.17) is 0 Å². The number of unbranched alkanes of at least 4 members (excludes halogenated alkanes) is 1. The topological polar surface area (TPSA) is 155 Å². The molecular weight excluding hydrogens is 481 g/mol. The van der Waals surface area contributed by atoms with Crippen molar-refractivity contribution in [1.29, 1.82) is 0 Å². The third-order valence-corrected chi connectivity index (χ3v) is 6.37. The van der Waals surface area contributed by atoms with E-state index in [0.717, 1.165) is 4.90 Å². The summed E-state index contributed by atoms with van der Waals surface area (Å²) in [5.41, 5.74) is 0.477. The Morgan fingerprint density at radius 3 is 2.69 bits per heavy atom. The number of alkyl halides is 1. The molecule has 35 heavy (non-hydrogen) atoms. The number of likely N-dealkylation sites (N-methyl/N-ethyl adjacent to an activating group) is 1. The van der Waals surface area contributed by atoms with Crippen LogP contribution in [-0.2, 0) is 36.9 Å². The smallest absolute Gasteiger partial charge is 0.242 e. The molecule has 0 radical (unpaired) electrons. The van der Waals surface area contributed by atoms with Gasteiger partial charge in [0, 0.05) is 45.6 Å². The number of rotatable bonds is 15. The predicted octanol–water partition coefficient (Wildman–Crippen LogP) is -0.812. The number of hydrogen-bond acceptors (Lipinski definition) is 8. The number of amides is 5. The van der Waals surface area contributed by atoms with Gasteiger partial charge in [0.05, 0.1) is 17.6 Å². The minimum absolute atomic E-state index is 0.0197. The predicted molar refractivity (Wildman–Crippen MR) is 126 cm³/mol. The Bertz CT molecular complexity index is 912. The first-order chi connectivity index (χ1) is 16.8. The number of halogens is 1. The molecule has 1 aromatic rings. The van der Waals surface area contributed by atoms with Crippen molar-refractivity contribution >= 4 is 41.3 Å². The first kappa shape index (κ1) is 28.2. The van der Waals surface area contributed by atoms with Crippen molar-refractivity contribution in [3.8, 4) is 0 Å². The number of nitrogens with zero attached hydrogens (tertiary/aromatic N) is 4. The standard InChI is InChI=1S/C21H32FN7O5S/c1-23-20(33)15(25-17(30)7-10-29-19(32)11-16(35-2)21(29)34)5-3-4-9-24-18(31)13-28-12-14(6-8-22)26-27-28/h12,15-16H,3-11,13H2,1-2H3,(H,23,33)(H,24,31)(H,25,30)/t15-,16?/m0/s1. The second kappa shape index (κ2) is 14.4. The first-order valence-corrected chi connectivity index (χ1v) is 12.7. The Morgan fingerprint density at radius 2 is 2.03 bits per heavy atom. The van der Waals surface area contributed by atoms with Crippen LogP contribution >= 0.6 is 11.8 Å². The summed E-state index contributed by atoms with van der Waals surface area (Å²) in [6.45, 7) is -0.224. The number of hydrogen-bond donors (Lipinski definition) is 3. The van der Waals surface area contributed by atoms with Crippen LogP contribution in [0.4, 0.5) is 4.39 Å². The van der Waals surface area contributed by atoms with Crippen LogP contribution in [0, 0.1) is 0 Å². The third kappa shape index (κ3) is 8.92. The number of nitrogens with one attached hydrogen (secondary N) is 3. The van der Waals surface area contributed by atoms with E-state index in [1.165, 1.54) is 29.7 Å². The van der Waals surface area contributed by atoms with E-state index in [-0.39, 0.29) is 56.0 Å². The average Bonchev–Trinajstić information content (AvgIpc) is 3.38. The zero-order valence-corrected chi connectivity index (χ0v) is 20.7. The Hall–Kier alpha value is -3.03. The summed E-state index contributed by atoms with van der Waals surface area (Å²) in [6.07, 6.45) is 4.97. The molecule has 2 heterocycles. The van der Waals surface area contributed by atoms with Gasteiger partial charge in [0.2, 0.25) is 29.5 Å². The summed E-state index contributed by atoms with van der Waals surface area (Å²) >= 11 is 1.31. The molecule has 0 spiro atoms. The number of carbonyl (C=O) groups excluding carboxylic acids is 5. The zero-order chi connectivity index (χ0) is 25.8. The van der Waals surface area contributed by atoms with Crippen LogP contribution in [0.5, 0.6) is 0 Å². The lowest BCUT2D eigenvalue weighted by molar-refractivity contribution is -0.139. The molecule has 3 N–H and O–H groups in total. The van der Waals surface area contributed by atoms with E-state index >= 15 is 0 Å². The molecule has 2 rings (SSSR count). The zero-order valence-electron chi connectivity index (χ0n) is 19.9. The lowest BCUT2D eigenvalue weighted by Gasteiger charge is -2.19. The van der Waals surface area contributed by atoms with Crippen LogP contribution in [0.15, 0.2) is 6.20 Å². The summed E-state index contributed by atoms with van der Waals surface area (Å²) in [5.74, 6) is -1.64. The number of aromatic nitrogens is 3. The fourth-order valence-electron chi connectivity index (χ4n) is 3.53. The molecule has 0 aliphatic carbocycles. The van der Waals surface area contributed by atoms with Crippen LogP contribution in [0.1, 0.15) is 37.8 Å². The fourth-order valence-corrected chi connectivity index (χ4v) is 4.16. The van der Waals surface area contributed by atoms with Gasteiger partial charge < -0.3 is 16.0 Å². The van der Waals surface area contributed by atoms with Crippen molar-refractivity contribution in [2.24, 2.45) is 0 Å². The van der Waals surface area contributed by atoms with Gasteiger partial charge in [-0.05, 0) is 25.5 Å². The first-order valence-electron chi connectivity index (χ1n) is 11.4. The van der Waals surface area contributed by atoms with E-state index < -0.39 is 23.9 Å². The molecule has 12 nitrogen and oxygen atoms in total. The summed E-state index contributed by atoms with van der Waals surface area (Å²) in [5, 5.41) is 15.0. The van der Waals surface area contributed by atoms with Crippen LogP contribution < -0.4 is 16.0 Å². The maximum absolute atomic E-state index is 12.4. The van der Waals surface area contributed by atoms with Crippen molar-refractivity contribution in [2.45, 2.75) is 56.4 Å². The molecule has 1 aliphatic heterocycles. The van der Waals surface area contributed by atoms with Crippen molar-refractivity contribution in [2.75, 3.05) is 33.1 Å². The van der Waals surface area contributed by atoms with Gasteiger partial charge in [-0.1, -0.05) is 5.21 Å². The highest BCUT2D eigenvalue weighted by Gasteiger charge is 2.37. The number of likely N-dealkylation sites (tertiary alicyclic amines) is 1. The summed E-state index contributed by atoms with van der Waals surface area (Å²) < 4.78 is 13.6. The minimum atomic E-state index is -0.767. The van der Waals surface area contributed by atoms with Gasteiger partial charge in [-0.15, -0.1) is 5.10 Å². The number of thioether (sulfide) groups is 1. The maximum atomic E-state index is 12.4. The SMILES string of the molecule is CNC(=O)[C@H](CCCCNC(=O)Cn1cc(CCF)nn1)NC(=O)CCN1C(=O)CC(SC)C1=O. The second-order valence-electron chi connectivity index (χ2n) is 7.99. The molecule has 5 amide bonds. The van der Waals surface area contributed by atoms with Crippen LogP contribution in [0.3, 0.4) is 0 Å². The molecule has 14 heteroatoms. The van der Waals surface area contributed by atoms with Crippen molar-refractivity contribution < 1.29 is 28.4 Å². The van der Waals surface area contributed by atoms with Crippen LogP contribution in [-0.4, -0.2) is 93.8 Å². The molecule has 1 aromatic heterocycles. The van der Waals surface area contributed by atoms with Crippen LogP contribution in [0.2, 0.25) is 0 Å². The summed E-state index contributed by atoms with van der Waals surface area (Å²) in [6, 6.07) is -0.767. The molecule has 0 bridgehead atoms. The van der Waals surface area contributed by atoms with Crippen molar-refractivity contribution in [1.82, 2.24) is 35.8 Å². The van der Waals surface area contributed by atoms with Crippen molar-refractivity contribution in [3.05, 3.63) is 11.9 Å². The number of carbonyl (C=O) groups is 5. The Labute approximate surface area is 207 Å². The number of imide groups is 1. The Kier molecular flexibility index (Phi) is 11.6. The molecule has 0 aromatic carbocycles. The van der Waals surface area contributed by atoms with E-state index in [1.54, 1.807) is 6.26 Å². The van der Waals surface area contributed by atoms with Gasteiger partial charge in [0.25, 0.3) is 0 Å². The highest BCUT2D eigenvalue weighted by Crippen LogP contribution is 2.23. The molecule has 194 valence electrons. The van der Waals surface area contributed by atoms with Crippen LogP contribution in [0.25, 0.3) is 0 Å². The van der Waals surface area contributed by atoms with Gasteiger partial charge in [-0.2, -0.15) is 11.8 Å². The van der Waals surface area contributed by atoms with Gasteiger partial charge in [0.1, 0.15) is 12.6 Å². The Balaban J connectivity index is 1.69. The van der Waals surface area contributed by atoms with Gasteiger partial charge >= 0.3 is 0 Å². The lowest BCUT2D eigenvalue weighted by atomic mass is 10.1. The van der Waals surface area contributed by atoms with Gasteiger partial charge in [-0.25, -0.2) is 4.68 Å². The minimum Gasteiger partial charge on any atom is -0.357 e. The summed E-state index contributed by atoms with van der Waals surface area (Å²) in [7, 11) is 1.47. The Morgan fingerprint density at radius 1 is 1.26 bits per heavy atom. The molecule has 1 unspecified atom stereocenters. The van der Waals surface area contributed by atoms with Gasteiger partial charge in [-0.3, -0.25) is 33.3 Å². The van der Waals surface area contributed by atoms with E-state index in [2.05, 4.69) is 26.3 Å². The molecular formula is C21H32FN7O5S. The monoisotopic (exact) mass is 513 g/mol. The van der Waals surface area contributed by atoms with E-state index in [1.807, 2.05) is 0 Å². The molecule has 1 saturated heterocycles. The largest absolute Gasteiger partial charge is 0.357 e. The second-order valence-corrected chi connectivity index (χ2v) is 9.03. The van der Waals surface area contributed by atoms with E-state index in [9.17, 15) is 28.4 Å². The quantitative estimate of drug-likeness (QED) is 0.203. The molecule has 1 fully saturated rings. The summed E-state index contributed by atoms with van der Waals surface area (Å²) in [4.78, 5) is 61.7. The lowest BCUT2D eigenvalue weighted by Crippen LogP contribution is -2.46. The highest BCUT2D eigenvalue weighted by atomic mass is 32.2. The third-order valence-electron chi connectivity index (χ3n) is 5.43. The molecule has 2 atom stereocenters. The van der Waals surface area contributed by atoms with Gasteiger partial charge in [0.15, 0.2) is 0 Å². The number of aryl methyl sites for hydroxylation is 1. The van der Waals surface area contributed by atoms with E-state index in [0.29, 0.717) is 31.5 Å². The molecule has 0 saturated carbocycles. The maximum Gasteiger partial charge on any atom is 0.242 e. The average molecular weight is 514 g/mol. The normalized spacial score (nSPS) is 16.3. The molecule has 1 aliphatic rings.